The van der Waals surface area contributed by atoms with Gasteiger partial charge in [0.05, 0.1) is 19.0 Å². The molecule has 6 nitrogen and oxygen atoms in total. The third kappa shape index (κ3) is 13.1. The molecule has 0 aromatic heterocycles. The fraction of sp³-hybridized carbons (Fsp3) is 0.900. The molecule has 3 N–H and O–H groups in total. The molecule has 0 aliphatic heterocycles. The van der Waals surface area contributed by atoms with Gasteiger partial charge in [0.2, 0.25) is 0 Å². The molecule has 0 rings (SSSR count). The summed E-state index contributed by atoms with van der Waals surface area (Å²) in [4.78, 5) is 4.10. The summed E-state index contributed by atoms with van der Waals surface area (Å²) in [5.74, 6) is 0.456. The monoisotopic (exact) mass is 265 g/mol. The molecule has 0 aliphatic carbocycles. The first kappa shape index (κ1) is 16.2. The van der Waals surface area contributed by atoms with Crippen LogP contribution in [0.5, 0.6) is 0 Å². The lowest BCUT2D eigenvalue weighted by Crippen LogP contribution is -2.34. The summed E-state index contributed by atoms with van der Waals surface area (Å²) in [5, 5.41) is 2.89. The van der Waals surface area contributed by atoms with Crippen molar-refractivity contribution in [1.29, 1.82) is 0 Å². The lowest BCUT2D eigenvalue weighted by atomic mass is 10.3. The van der Waals surface area contributed by atoms with E-state index < -0.39 is 9.84 Å². The number of hydrogen-bond donors (Lipinski definition) is 2. The van der Waals surface area contributed by atoms with Crippen LogP contribution in [0.1, 0.15) is 19.8 Å². The summed E-state index contributed by atoms with van der Waals surface area (Å²) in [6.45, 7) is 3.98. The minimum absolute atomic E-state index is 0.0487. The number of hydrogen-bond acceptors (Lipinski definition) is 4. The van der Waals surface area contributed by atoms with E-state index in [0.29, 0.717) is 19.1 Å². The van der Waals surface area contributed by atoms with Crippen molar-refractivity contribution in [3.8, 4) is 0 Å². The molecule has 7 heteroatoms. The quantitative estimate of drug-likeness (QED) is 0.341. The Balaban J connectivity index is 3.42. The second-order valence-corrected chi connectivity index (χ2v) is 6.05. The molecule has 0 atom stereocenters. The predicted octanol–water partition coefficient (Wildman–Crippen LogP) is -0.248. The van der Waals surface area contributed by atoms with Gasteiger partial charge in [0.1, 0.15) is 9.84 Å². The number of nitrogens with zero attached hydrogens (tertiary/aromatic N) is 1. The van der Waals surface area contributed by atoms with Crippen molar-refractivity contribution < 1.29 is 13.2 Å². The van der Waals surface area contributed by atoms with Crippen LogP contribution < -0.4 is 11.1 Å². The number of rotatable bonds is 9. The molecule has 0 radical (unpaired) electrons. The Kier molecular flexibility index (Phi) is 8.79. The Morgan fingerprint density at radius 3 is 2.71 bits per heavy atom. The first-order valence-corrected chi connectivity index (χ1v) is 7.81. The van der Waals surface area contributed by atoms with Gasteiger partial charge >= 0.3 is 0 Å². The zero-order valence-corrected chi connectivity index (χ0v) is 11.4. The molecule has 0 aromatic carbocycles. The van der Waals surface area contributed by atoms with Crippen molar-refractivity contribution in [3.05, 3.63) is 0 Å². The first-order chi connectivity index (χ1) is 7.95. The Labute approximate surface area is 104 Å². The third-order valence-corrected chi connectivity index (χ3v) is 2.85. The van der Waals surface area contributed by atoms with Gasteiger partial charge in [0.25, 0.3) is 0 Å². The Morgan fingerprint density at radius 1 is 1.41 bits per heavy atom. The average molecular weight is 265 g/mol. The van der Waals surface area contributed by atoms with Gasteiger partial charge < -0.3 is 15.8 Å². The molecule has 0 spiro atoms. The molecule has 0 amide bonds. The Morgan fingerprint density at radius 2 is 2.12 bits per heavy atom. The van der Waals surface area contributed by atoms with Crippen LogP contribution in [-0.4, -0.2) is 52.7 Å². The molecule has 0 bridgehead atoms. The summed E-state index contributed by atoms with van der Waals surface area (Å²) in [6, 6.07) is 0. The number of guanidine groups is 1. The fourth-order valence-corrected chi connectivity index (χ4v) is 1.40. The molecule has 17 heavy (non-hydrogen) atoms. The fourth-order valence-electron chi connectivity index (χ4n) is 0.977. The zero-order valence-electron chi connectivity index (χ0n) is 10.6. The van der Waals surface area contributed by atoms with Gasteiger partial charge in [-0.1, -0.05) is 13.3 Å². The van der Waals surface area contributed by atoms with E-state index in [1.807, 2.05) is 0 Å². The van der Waals surface area contributed by atoms with E-state index in [4.69, 9.17) is 10.5 Å². The summed E-state index contributed by atoms with van der Waals surface area (Å²) in [6.07, 6.45) is 3.30. The van der Waals surface area contributed by atoms with E-state index in [1.165, 1.54) is 6.26 Å². The van der Waals surface area contributed by atoms with E-state index in [2.05, 4.69) is 17.2 Å². The third-order valence-electron chi connectivity index (χ3n) is 1.94. The van der Waals surface area contributed by atoms with Crippen LogP contribution in [0.15, 0.2) is 4.99 Å². The lowest BCUT2D eigenvalue weighted by molar-refractivity contribution is 0.154. The smallest absolute Gasteiger partial charge is 0.188 e. The van der Waals surface area contributed by atoms with Gasteiger partial charge in [-0.25, -0.2) is 8.42 Å². The maximum atomic E-state index is 10.8. The normalized spacial score (nSPS) is 12.7. The Hall–Kier alpha value is -0.820. The van der Waals surface area contributed by atoms with Crippen LogP contribution in [0.2, 0.25) is 0 Å². The van der Waals surface area contributed by atoms with Crippen LogP contribution in [0, 0.1) is 0 Å². The van der Waals surface area contributed by atoms with E-state index in [9.17, 15) is 8.42 Å². The van der Waals surface area contributed by atoms with E-state index in [0.717, 1.165) is 19.4 Å². The highest BCUT2D eigenvalue weighted by atomic mass is 32.2. The number of nitrogens with one attached hydrogen (secondary N) is 1. The van der Waals surface area contributed by atoms with Crippen molar-refractivity contribution in [2.45, 2.75) is 19.8 Å². The standard InChI is InChI=1S/C10H23N3O3S/c1-3-4-5-12-10(11)13-6-7-16-8-9-17(2,14)15/h3-9H2,1-2H3,(H3,11,12,13). The minimum Gasteiger partial charge on any atom is -0.379 e. The van der Waals surface area contributed by atoms with E-state index >= 15 is 0 Å². The van der Waals surface area contributed by atoms with E-state index in [1.54, 1.807) is 0 Å². The highest BCUT2D eigenvalue weighted by Gasteiger charge is 2.00. The van der Waals surface area contributed by atoms with Crippen LogP contribution in [0.25, 0.3) is 0 Å². The van der Waals surface area contributed by atoms with Gasteiger partial charge in [-0.2, -0.15) is 0 Å². The number of sulfone groups is 1. The SMILES string of the molecule is CCCCN=C(N)NCCOCCS(C)(=O)=O. The molecule has 0 saturated carbocycles. The molecule has 102 valence electrons. The molecule has 0 aliphatic rings. The first-order valence-electron chi connectivity index (χ1n) is 5.75. The molecule has 0 aromatic rings. The van der Waals surface area contributed by atoms with Crippen LogP contribution >= 0.6 is 0 Å². The Bertz CT molecular complexity index is 315. The van der Waals surface area contributed by atoms with E-state index in [-0.39, 0.29) is 12.4 Å². The number of ether oxygens (including phenoxy) is 1. The van der Waals surface area contributed by atoms with Crippen molar-refractivity contribution in [2.24, 2.45) is 10.7 Å². The molecule has 0 saturated heterocycles. The molecular weight excluding hydrogens is 242 g/mol. The van der Waals surface area contributed by atoms with Gasteiger partial charge in [-0.15, -0.1) is 0 Å². The molecular formula is C10H23N3O3S. The average Bonchev–Trinajstić information content (AvgIpc) is 2.22. The van der Waals surface area contributed by atoms with Gasteiger partial charge in [-0.3, -0.25) is 4.99 Å². The number of unbranched alkanes of at least 4 members (excludes halogenated alkanes) is 1. The van der Waals surface area contributed by atoms with Crippen molar-refractivity contribution in [2.75, 3.05) is 38.3 Å². The van der Waals surface area contributed by atoms with Crippen LogP contribution in [0.4, 0.5) is 0 Å². The van der Waals surface area contributed by atoms with Crippen molar-refractivity contribution in [3.63, 3.8) is 0 Å². The maximum Gasteiger partial charge on any atom is 0.188 e. The van der Waals surface area contributed by atoms with Gasteiger partial charge in [0, 0.05) is 19.3 Å². The van der Waals surface area contributed by atoms with Crippen LogP contribution in [-0.2, 0) is 14.6 Å². The molecule has 0 unspecified atom stereocenters. The van der Waals surface area contributed by atoms with Crippen molar-refractivity contribution in [1.82, 2.24) is 5.32 Å². The molecule has 0 fully saturated rings. The minimum atomic E-state index is -2.94. The largest absolute Gasteiger partial charge is 0.379 e. The highest BCUT2D eigenvalue weighted by molar-refractivity contribution is 7.90. The van der Waals surface area contributed by atoms with Crippen LogP contribution in [0.3, 0.4) is 0 Å². The predicted molar refractivity (Wildman–Crippen MR) is 69.9 cm³/mol. The number of aliphatic imine (C=N–C) groups is 1. The second kappa shape index (κ2) is 9.23. The second-order valence-electron chi connectivity index (χ2n) is 3.79. The van der Waals surface area contributed by atoms with Gasteiger partial charge in [0.15, 0.2) is 5.96 Å². The topological polar surface area (TPSA) is 93.8 Å². The summed E-state index contributed by atoms with van der Waals surface area (Å²) in [7, 11) is -2.94. The summed E-state index contributed by atoms with van der Waals surface area (Å²) < 4.78 is 26.7. The van der Waals surface area contributed by atoms with Gasteiger partial charge in [-0.05, 0) is 6.42 Å². The summed E-state index contributed by atoms with van der Waals surface area (Å²) >= 11 is 0. The highest BCUT2D eigenvalue weighted by Crippen LogP contribution is 1.86. The summed E-state index contributed by atoms with van der Waals surface area (Å²) in [5.41, 5.74) is 5.59. The van der Waals surface area contributed by atoms with Crippen molar-refractivity contribution >= 4 is 15.8 Å². The zero-order chi connectivity index (χ0) is 13.1. The molecule has 0 heterocycles. The lowest BCUT2D eigenvalue weighted by Gasteiger charge is -2.06. The maximum absolute atomic E-state index is 10.8. The number of nitrogens with two attached hydrogens (primary N) is 1.